The molecular weight excluding hydrogens is 188 g/mol. The van der Waals surface area contributed by atoms with Crippen molar-refractivity contribution in [1.82, 2.24) is 4.98 Å². The molecule has 1 heterocycles. The summed E-state index contributed by atoms with van der Waals surface area (Å²) in [4.78, 5) is 9.45. The average Bonchev–Trinajstić information content (AvgIpc) is 2.32. The fraction of sp³-hybridized carbons (Fsp3) is 0.500. The van der Waals surface area contributed by atoms with Crippen molar-refractivity contribution in [3.05, 3.63) is 30.1 Å². The van der Waals surface area contributed by atoms with Gasteiger partial charge in [0.05, 0.1) is 11.4 Å². The summed E-state index contributed by atoms with van der Waals surface area (Å²) in [5, 5.41) is 4.16. The predicted molar refractivity (Wildman–Crippen MR) is 59.5 cm³/mol. The zero-order valence-corrected chi connectivity index (χ0v) is 8.85. The van der Waals surface area contributed by atoms with Crippen LogP contribution < -0.4 is 0 Å². The van der Waals surface area contributed by atoms with E-state index in [9.17, 15) is 0 Å². The molecule has 0 N–H and O–H groups in total. The zero-order valence-electron chi connectivity index (χ0n) is 8.85. The maximum absolute atomic E-state index is 5.28. The molecule has 0 spiro atoms. The first-order valence-electron chi connectivity index (χ1n) is 5.53. The van der Waals surface area contributed by atoms with Crippen LogP contribution in [0.15, 0.2) is 29.6 Å². The topological polar surface area (TPSA) is 34.5 Å². The van der Waals surface area contributed by atoms with Gasteiger partial charge in [0.2, 0.25) is 0 Å². The van der Waals surface area contributed by atoms with Crippen molar-refractivity contribution in [1.29, 1.82) is 0 Å². The number of hydrogen-bond acceptors (Lipinski definition) is 3. The maximum atomic E-state index is 5.28. The van der Waals surface area contributed by atoms with Gasteiger partial charge in [-0.15, -0.1) is 0 Å². The van der Waals surface area contributed by atoms with E-state index in [-0.39, 0.29) is 0 Å². The van der Waals surface area contributed by atoms with Gasteiger partial charge in [0.25, 0.3) is 0 Å². The lowest BCUT2D eigenvalue weighted by molar-refractivity contribution is 0.126. The molecule has 15 heavy (non-hydrogen) atoms. The lowest BCUT2D eigenvalue weighted by Crippen LogP contribution is -2.05. The highest BCUT2D eigenvalue weighted by Crippen LogP contribution is 2.15. The Kier molecular flexibility index (Phi) is 3.71. The molecule has 0 unspecified atom stereocenters. The Balaban J connectivity index is 1.78. The summed E-state index contributed by atoms with van der Waals surface area (Å²) < 4.78 is 0. The fourth-order valence-electron chi connectivity index (χ4n) is 1.72. The predicted octanol–water partition coefficient (Wildman–Crippen LogP) is 2.92. The summed E-state index contributed by atoms with van der Waals surface area (Å²) in [7, 11) is 0. The molecule has 0 aromatic carbocycles. The molecule has 0 aliphatic heterocycles. The monoisotopic (exact) mass is 204 g/mol. The van der Waals surface area contributed by atoms with Crippen LogP contribution in [-0.4, -0.2) is 10.7 Å². The van der Waals surface area contributed by atoms with Crippen LogP contribution in [0.4, 0.5) is 0 Å². The molecule has 3 heteroatoms. The van der Waals surface area contributed by atoms with Crippen LogP contribution in [0.5, 0.6) is 0 Å². The van der Waals surface area contributed by atoms with Crippen LogP contribution in [-0.2, 0) is 11.4 Å². The van der Waals surface area contributed by atoms with Gasteiger partial charge < -0.3 is 4.84 Å². The van der Waals surface area contributed by atoms with Crippen molar-refractivity contribution in [2.24, 2.45) is 5.16 Å². The van der Waals surface area contributed by atoms with Crippen LogP contribution in [0.25, 0.3) is 0 Å². The molecule has 0 amide bonds. The van der Waals surface area contributed by atoms with Gasteiger partial charge in [-0.3, -0.25) is 4.98 Å². The first-order chi connectivity index (χ1) is 7.45. The van der Waals surface area contributed by atoms with Crippen LogP contribution in [0.1, 0.15) is 37.8 Å². The minimum Gasteiger partial charge on any atom is -0.389 e. The van der Waals surface area contributed by atoms with Gasteiger partial charge in [-0.05, 0) is 37.8 Å². The Hall–Kier alpha value is -1.38. The number of rotatable bonds is 3. The Bertz CT molecular complexity index is 314. The van der Waals surface area contributed by atoms with Crippen LogP contribution >= 0.6 is 0 Å². The molecule has 3 nitrogen and oxygen atoms in total. The molecule has 0 saturated heterocycles. The molecule has 1 aromatic heterocycles. The van der Waals surface area contributed by atoms with Gasteiger partial charge in [0.1, 0.15) is 0 Å². The van der Waals surface area contributed by atoms with Gasteiger partial charge in [-0.25, -0.2) is 0 Å². The van der Waals surface area contributed by atoms with Crippen LogP contribution in [0, 0.1) is 0 Å². The molecule has 0 bridgehead atoms. The highest BCUT2D eigenvalue weighted by Gasteiger charge is 2.06. The van der Waals surface area contributed by atoms with Crippen molar-refractivity contribution in [3.8, 4) is 0 Å². The third-order valence-electron chi connectivity index (χ3n) is 2.56. The molecule has 1 aliphatic carbocycles. The van der Waals surface area contributed by atoms with E-state index in [1.54, 1.807) is 6.20 Å². The first-order valence-corrected chi connectivity index (χ1v) is 5.53. The van der Waals surface area contributed by atoms with E-state index >= 15 is 0 Å². The third-order valence-corrected chi connectivity index (χ3v) is 2.56. The zero-order chi connectivity index (χ0) is 10.3. The molecule has 1 aliphatic rings. The molecular formula is C12H16N2O. The first kappa shape index (κ1) is 10.1. The van der Waals surface area contributed by atoms with Crippen molar-refractivity contribution < 1.29 is 4.84 Å². The van der Waals surface area contributed by atoms with E-state index in [1.165, 1.54) is 25.0 Å². The Morgan fingerprint density at radius 2 is 2.07 bits per heavy atom. The van der Waals surface area contributed by atoms with E-state index in [1.807, 2.05) is 18.2 Å². The van der Waals surface area contributed by atoms with Crippen LogP contribution in [0.3, 0.4) is 0 Å². The van der Waals surface area contributed by atoms with Crippen molar-refractivity contribution in [2.75, 3.05) is 0 Å². The molecule has 1 saturated carbocycles. The number of pyridine rings is 1. The maximum Gasteiger partial charge on any atom is 0.159 e. The Labute approximate surface area is 90.2 Å². The van der Waals surface area contributed by atoms with Gasteiger partial charge >= 0.3 is 0 Å². The Morgan fingerprint density at radius 1 is 1.20 bits per heavy atom. The molecule has 0 atom stereocenters. The Morgan fingerprint density at radius 3 is 2.80 bits per heavy atom. The second-order valence-electron chi connectivity index (χ2n) is 3.81. The smallest absolute Gasteiger partial charge is 0.159 e. The molecule has 1 fully saturated rings. The van der Waals surface area contributed by atoms with Crippen molar-refractivity contribution >= 4 is 5.71 Å². The standard InChI is InChI=1S/C12H16N2O/c1-2-6-11(7-3-1)14-15-10-12-8-4-5-9-13-12/h4-5,8-9H,1-3,6-7,10H2. The highest BCUT2D eigenvalue weighted by atomic mass is 16.6. The van der Waals surface area contributed by atoms with E-state index in [4.69, 9.17) is 4.84 Å². The summed E-state index contributed by atoms with van der Waals surface area (Å²) in [6, 6.07) is 5.80. The fourth-order valence-corrected chi connectivity index (χ4v) is 1.72. The largest absolute Gasteiger partial charge is 0.389 e. The van der Waals surface area contributed by atoms with Gasteiger partial charge in [-0.2, -0.15) is 0 Å². The molecule has 1 aromatic rings. The summed E-state index contributed by atoms with van der Waals surface area (Å²) >= 11 is 0. The second kappa shape index (κ2) is 5.49. The molecule has 2 rings (SSSR count). The molecule has 0 radical (unpaired) electrons. The van der Waals surface area contributed by atoms with Gasteiger partial charge in [0, 0.05) is 6.20 Å². The van der Waals surface area contributed by atoms with E-state index in [0.29, 0.717) is 6.61 Å². The lowest BCUT2D eigenvalue weighted by atomic mass is 9.99. The van der Waals surface area contributed by atoms with Crippen molar-refractivity contribution in [3.63, 3.8) is 0 Å². The van der Waals surface area contributed by atoms with Crippen molar-refractivity contribution in [2.45, 2.75) is 38.7 Å². The summed E-state index contributed by atoms with van der Waals surface area (Å²) in [6.45, 7) is 0.477. The third kappa shape index (κ3) is 3.35. The second-order valence-corrected chi connectivity index (χ2v) is 3.81. The number of hydrogen-bond donors (Lipinski definition) is 0. The number of aromatic nitrogens is 1. The average molecular weight is 204 g/mol. The van der Waals surface area contributed by atoms with Gasteiger partial charge in [0.15, 0.2) is 6.61 Å². The molecule has 80 valence electrons. The van der Waals surface area contributed by atoms with Gasteiger partial charge in [-0.1, -0.05) is 17.6 Å². The number of nitrogens with zero attached hydrogens (tertiary/aromatic N) is 2. The SMILES string of the molecule is c1ccc(CON=C2CCCCC2)nc1. The van der Waals surface area contributed by atoms with Crippen LogP contribution in [0.2, 0.25) is 0 Å². The van der Waals surface area contributed by atoms with E-state index < -0.39 is 0 Å². The highest BCUT2D eigenvalue weighted by molar-refractivity contribution is 5.84. The normalized spacial score (nSPS) is 16.1. The van der Waals surface area contributed by atoms with E-state index in [0.717, 1.165) is 18.5 Å². The number of oxime groups is 1. The minimum atomic E-state index is 0.477. The summed E-state index contributed by atoms with van der Waals surface area (Å²) in [5.41, 5.74) is 2.13. The minimum absolute atomic E-state index is 0.477. The summed E-state index contributed by atoms with van der Waals surface area (Å²) in [6.07, 6.45) is 7.81. The van der Waals surface area contributed by atoms with E-state index in [2.05, 4.69) is 10.1 Å². The lowest BCUT2D eigenvalue weighted by Gasteiger charge is -2.11. The quantitative estimate of drug-likeness (QED) is 0.709. The summed E-state index contributed by atoms with van der Waals surface area (Å²) in [5.74, 6) is 0.